The molecular formula is C13H24N2O. The molecule has 1 heterocycles. The maximum atomic E-state index is 12.0. The predicted octanol–water partition coefficient (Wildman–Crippen LogP) is 1.62. The second kappa shape index (κ2) is 4.74. The van der Waals surface area contributed by atoms with Gasteiger partial charge in [0.25, 0.3) is 0 Å². The van der Waals surface area contributed by atoms with Gasteiger partial charge in [0.05, 0.1) is 0 Å². The van der Waals surface area contributed by atoms with Gasteiger partial charge in [0.2, 0.25) is 5.91 Å². The number of nitrogens with two attached hydrogens (primary N) is 1. The highest BCUT2D eigenvalue weighted by Crippen LogP contribution is 2.37. The van der Waals surface area contributed by atoms with Crippen LogP contribution in [0.15, 0.2) is 0 Å². The topological polar surface area (TPSA) is 46.3 Å². The summed E-state index contributed by atoms with van der Waals surface area (Å²) < 4.78 is 0. The zero-order valence-electron chi connectivity index (χ0n) is 10.5. The molecule has 2 rings (SSSR count). The fourth-order valence-corrected chi connectivity index (χ4v) is 3.01. The van der Waals surface area contributed by atoms with Crippen LogP contribution in [0, 0.1) is 17.8 Å². The summed E-state index contributed by atoms with van der Waals surface area (Å²) in [5.41, 5.74) is 5.95. The van der Waals surface area contributed by atoms with Crippen molar-refractivity contribution in [2.75, 3.05) is 13.1 Å². The molecule has 1 saturated carbocycles. The van der Waals surface area contributed by atoms with E-state index in [-0.39, 0.29) is 11.9 Å². The molecule has 16 heavy (non-hydrogen) atoms. The first-order valence-corrected chi connectivity index (χ1v) is 6.61. The Balaban J connectivity index is 1.83. The number of fused-ring (bicyclic) bond motifs is 1. The van der Waals surface area contributed by atoms with Crippen LogP contribution in [0.25, 0.3) is 0 Å². The summed E-state index contributed by atoms with van der Waals surface area (Å²) in [7, 11) is 0. The highest BCUT2D eigenvalue weighted by molar-refractivity contribution is 5.77. The standard InChI is InChI=1S/C13H24N2O/c1-9(2)12(14)6-13(16)15-7-10-4-3-5-11(10)8-15/h9-12H,3-8,14H2,1-2H3. The number of carbonyl (C=O) groups excluding carboxylic acids is 1. The highest BCUT2D eigenvalue weighted by Gasteiger charge is 2.38. The molecule has 92 valence electrons. The summed E-state index contributed by atoms with van der Waals surface area (Å²) in [4.78, 5) is 14.1. The van der Waals surface area contributed by atoms with E-state index < -0.39 is 0 Å². The Kier molecular flexibility index (Phi) is 3.53. The molecule has 2 N–H and O–H groups in total. The van der Waals surface area contributed by atoms with Gasteiger partial charge in [-0.2, -0.15) is 0 Å². The maximum absolute atomic E-state index is 12.0. The first-order valence-electron chi connectivity index (χ1n) is 6.61. The monoisotopic (exact) mass is 224 g/mol. The lowest BCUT2D eigenvalue weighted by Crippen LogP contribution is -2.37. The zero-order chi connectivity index (χ0) is 11.7. The van der Waals surface area contributed by atoms with Crippen LogP contribution in [0.4, 0.5) is 0 Å². The Hall–Kier alpha value is -0.570. The number of hydrogen-bond acceptors (Lipinski definition) is 2. The average molecular weight is 224 g/mol. The number of likely N-dealkylation sites (tertiary alicyclic amines) is 1. The zero-order valence-corrected chi connectivity index (χ0v) is 10.5. The lowest BCUT2D eigenvalue weighted by atomic mass is 10.0. The Labute approximate surface area is 98.4 Å². The van der Waals surface area contributed by atoms with E-state index in [1.807, 2.05) is 0 Å². The number of amides is 1. The van der Waals surface area contributed by atoms with E-state index in [4.69, 9.17) is 5.73 Å². The van der Waals surface area contributed by atoms with Gasteiger partial charge >= 0.3 is 0 Å². The predicted molar refractivity (Wildman–Crippen MR) is 64.8 cm³/mol. The molecule has 1 saturated heterocycles. The van der Waals surface area contributed by atoms with Crippen molar-refractivity contribution in [3.63, 3.8) is 0 Å². The molecule has 2 fully saturated rings. The van der Waals surface area contributed by atoms with Crippen LogP contribution in [0.2, 0.25) is 0 Å². The summed E-state index contributed by atoms with van der Waals surface area (Å²) in [5.74, 6) is 2.25. The van der Waals surface area contributed by atoms with Crippen molar-refractivity contribution in [1.29, 1.82) is 0 Å². The van der Waals surface area contributed by atoms with Gasteiger partial charge in [-0.05, 0) is 30.6 Å². The molecule has 0 aromatic rings. The molecule has 0 aromatic heterocycles. The third kappa shape index (κ3) is 2.40. The molecule has 3 atom stereocenters. The molecule has 3 heteroatoms. The molecule has 0 aromatic carbocycles. The molecule has 2 aliphatic rings. The summed E-state index contributed by atoms with van der Waals surface area (Å²) in [6, 6.07) is 0.0212. The smallest absolute Gasteiger partial charge is 0.224 e. The van der Waals surface area contributed by atoms with Crippen LogP contribution in [-0.2, 0) is 4.79 Å². The number of nitrogens with zero attached hydrogens (tertiary/aromatic N) is 1. The SMILES string of the molecule is CC(C)C(N)CC(=O)N1CC2CCCC2C1. The van der Waals surface area contributed by atoms with Gasteiger partial charge in [-0.3, -0.25) is 4.79 Å². The van der Waals surface area contributed by atoms with Crippen molar-refractivity contribution in [3.8, 4) is 0 Å². The Morgan fingerprint density at radius 3 is 2.38 bits per heavy atom. The average Bonchev–Trinajstić information content (AvgIpc) is 2.75. The summed E-state index contributed by atoms with van der Waals surface area (Å²) in [5, 5.41) is 0. The van der Waals surface area contributed by atoms with Gasteiger partial charge < -0.3 is 10.6 Å². The third-order valence-corrected chi connectivity index (χ3v) is 4.35. The van der Waals surface area contributed by atoms with E-state index in [9.17, 15) is 4.79 Å². The molecule has 0 bridgehead atoms. The minimum Gasteiger partial charge on any atom is -0.342 e. The number of carbonyl (C=O) groups is 1. The molecular weight excluding hydrogens is 200 g/mol. The van der Waals surface area contributed by atoms with E-state index in [0.717, 1.165) is 24.9 Å². The molecule has 3 nitrogen and oxygen atoms in total. The van der Waals surface area contributed by atoms with E-state index in [2.05, 4.69) is 18.7 Å². The van der Waals surface area contributed by atoms with E-state index in [0.29, 0.717) is 12.3 Å². The number of rotatable bonds is 3. The van der Waals surface area contributed by atoms with Crippen LogP contribution >= 0.6 is 0 Å². The Bertz CT molecular complexity index is 253. The quantitative estimate of drug-likeness (QED) is 0.792. The summed E-state index contributed by atoms with van der Waals surface area (Å²) >= 11 is 0. The molecule has 1 aliphatic heterocycles. The molecule has 0 radical (unpaired) electrons. The minimum atomic E-state index is 0.0212. The number of hydrogen-bond donors (Lipinski definition) is 1. The van der Waals surface area contributed by atoms with E-state index >= 15 is 0 Å². The van der Waals surface area contributed by atoms with E-state index in [1.54, 1.807) is 0 Å². The van der Waals surface area contributed by atoms with Crippen molar-refractivity contribution in [2.24, 2.45) is 23.5 Å². The highest BCUT2D eigenvalue weighted by atomic mass is 16.2. The maximum Gasteiger partial charge on any atom is 0.224 e. The van der Waals surface area contributed by atoms with Crippen LogP contribution in [0.1, 0.15) is 39.5 Å². The van der Waals surface area contributed by atoms with Gasteiger partial charge in [-0.15, -0.1) is 0 Å². The summed E-state index contributed by atoms with van der Waals surface area (Å²) in [6.45, 7) is 6.15. The Morgan fingerprint density at radius 2 is 1.88 bits per heavy atom. The molecule has 3 unspecified atom stereocenters. The van der Waals surface area contributed by atoms with Gasteiger partial charge in [0, 0.05) is 25.6 Å². The van der Waals surface area contributed by atoms with Crippen LogP contribution in [0.5, 0.6) is 0 Å². The van der Waals surface area contributed by atoms with Crippen molar-refractivity contribution >= 4 is 5.91 Å². The van der Waals surface area contributed by atoms with Crippen LogP contribution < -0.4 is 5.73 Å². The third-order valence-electron chi connectivity index (χ3n) is 4.35. The van der Waals surface area contributed by atoms with Gasteiger partial charge in [0.15, 0.2) is 0 Å². The fourth-order valence-electron chi connectivity index (χ4n) is 3.01. The minimum absolute atomic E-state index is 0.0212. The first-order chi connectivity index (χ1) is 7.58. The first kappa shape index (κ1) is 11.9. The largest absolute Gasteiger partial charge is 0.342 e. The van der Waals surface area contributed by atoms with Crippen LogP contribution in [-0.4, -0.2) is 29.9 Å². The van der Waals surface area contributed by atoms with Gasteiger partial charge in [-0.1, -0.05) is 20.3 Å². The molecule has 1 aliphatic carbocycles. The normalized spacial score (nSPS) is 30.9. The lowest BCUT2D eigenvalue weighted by molar-refractivity contribution is -0.131. The summed E-state index contributed by atoms with van der Waals surface area (Å²) in [6.07, 6.45) is 4.54. The van der Waals surface area contributed by atoms with Crippen molar-refractivity contribution in [1.82, 2.24) is 4.90 Å². The fraction of sp³-hybridized carbons (Fsp3) is 0.923. The molecule has 1 amide bonds. The lowest BCUT2D eigenvalue weighted by Gasteiger charge is -2.21. The molecule has 0 spiro atoms. The van der Waals surface area contributed by atoms with Crippen molar-refractivity contribution < 1.29 is 4.79 Å². The van der Waals surface area contributed by atoms with Crippen molar-refractivity contribution in [2.45, 2.75) is 45.6 Å². The van der Waals surface area contributed by atoms with Gasteiger partial charge in [-0.25, -0.2) is 0 Å². The van der Waals surface area contributed by atoms with E-state index in [1.165, 1.54) is 19.3 Å². The Morgan fingerprint density at radius 1 is 1.31 bits per heavy atom. The van der Waals surface area contributed by atoms with Crippen LogP contribution in [0.3, 0.4) is 0 Å². The van der Waals surface area contributed by atoms with Crippen molar-refractivity contribution in [3.05, 3.63) is 0 Å². The second-order valence-corrected chi connectivity index (χ2v) is 5.86. The second-order valence-electron chi connectivity index (χ2n) is 5.86. The van der Waals surface area contributed by atoms with Gasteiger partial charge in [0.1, 0.15) is 0 Å².